The second-order valence-electron chi connectivity index (χ2n) is 7.19. The van der Waals surface area contributed by atoms with Crippen LogP contribution in [0.2, 0.25) is 0 Å². The Morgan fingerprint density at radius 3 is 2.50 bits per heavy atom. The van der Waals surface area contributed by atoms with Crippen LogP contribution in [-0.4, -0.2) is 35.5 Å². The van der Waals surface area contributed by atoms with Gasteiger partial charge in [0.2, 0.25) is 5.91 Å². The van der Waals surface area contributed by atoms with E-state index in [1.54, 1.807) is 12.1 Å². The second-order valence-corrected chi connectivity index (χ2v) is 7.19. The zero-order valence-electron chi connectivity index (χ0n) is 14.0. The molecule has 4 nitrogen and oxygen atoms in total. The molecule has 1 unspecified atom stereocenters. The zero-order chi connectivity index (χ0) is 17.1. The van der Waals surface area contributed by atoms with E-state index >= 15 is 0 Å². The zero-order valence-corrected chi connectivity index (χ0v) is 14.0. The monoisotopic (exact) mass is 334 g/mol. The number of hydrogen-bond acceptors (Lipinski definition) is 3. The first-order valence-corrected chi connectivity index (χ1v) is 9.02. The first kappa shape index (κ1) is 17.4. The van der Waals surface area contributed by atoms with E-state index in [0.29, 0.717) is 25.6 Å². The standard InChI is InChI=1S/C19H27FN2O2/c20-16-6-4-13(5-7-16)18(23)14-8-10-22(11-9-14)19(24)17-3-1-2-15(17)12-21/h4-7,14-15,17-18,23H,1-3,8-12,21H2/t15-,17-,18?/m1/s1. The van der Waals surface area contributed by atoms with Crippen LogP contribution in [0.25, 0.3) is 0 Å². The molecular formula is C19H27FN2O2. The van der Waals surface area contributed by atoms with Crippen LogP contribution < -0.4 is 5.73 Å². The molecule has 3 rings (SSSR count). The lowest BCUT2D eigenvalue weighted by atomic mass is 9.86. The van der Waals surface area contributed by atoms with Crippen LogP contribution in [-0.2, 0) is 4.79 Å². The summed E-state index contributed by atoms with van der Waals surface area (Å²) in [5.41, 5.74) is 6.55. The van der Waals surface area contributed by atoms with Gasteiger partial charge < -0.3 is 15.7 Å². The molecule has 5 heteroatoms. The lowest BCUT2D eigenvalue weighted by molar-refractivity contribution is -0.138. The molecule has 1 aliphatic carbocycles. The van der Waals surface area contributed by atoms with Crippen molar-refractivity contribution in [3.8, 4) is 0 Å². The van der Waals surface area contributed by atoms with E-state index in [1.807, 2.05) is 4.90 Å². The van der Waals surface area contributed by atoms with E-state index < -0.39 is 6.10 Å². The smallest absolute Gasteiger partial charge is 0.226 e. The Balaban J connectivity index is 1.55. The van der Waals surface area contributed by atoms with Crippen LogP contribution in [0.5, 0.6) is 0 Å². The van der Waals surface area contributed by atoms with Crippen LogP contribution in [0.3, 0.4) is 0 Å². The third-order valence-electron chi connectivity index (χ3n) is 5.79. The van der Waals surface area contributed by atoms with Gasteiger partial charge in [-0.2, -0.15) is 0 Å². The number of carbonyl (C=O) groups excluding carboxylic acids is 1. The van der Waals surface area contributed by atoms with Crippen molar-refractivity contribution in [1.82, 2.24) is 4.90 Å². The van der Waals surface area contributed by atoms with Crippen molar-refractivity contribution in [1.29, 1.82) is 0 Å². The predicted octanol–water partition coefficient (Wildman–Crippen LogP) is 2.47. The summed E-state index contributed by atoms with van der Waals surface area (Å²) in [6.07, 6.45) is 4.09. The minimum Gasteiger partial charge on any atom is -0.388 e. The van der Waals surface area contributed by atoms with Crippen molar-refractivity contribution in [2.24, 2.45) is 23.5 Å². The maximum atomic E-state index is 13.0. The van der Waals surface area contributed by atoms with Crippen molar-refractivity contribution >= 4 is 5.91 Å². The lowest BCUT2D eigenvalue weighted by Crippen LogP contribution is -2.44. The fraction of sp³-hybridized carbons (Fsp3) is 0.632. The van der Waals surface area contributed by atoms with Crippen molar-refractivity contribution in [2.75, 3.05) is 19.6 Å². The summed E-state index contributed by atoms with van der Waals surface area (Å²) in [5.74, 6) is 0.497. The SMILES string of the molecule is NC[C@H]1CCC[C@H]1C(=O)N1CCC(C(O)c2ccc(F)cc2)CC1. The Morgan fingerprint density at radius 1 is 1.21 bits per heavy atom. The molecule has 3 atom stereocenters. The van der Waals surface area contributed by atoms with Gasteiger partial charge in [0.1, 0.15) is 5.82 Å². The van der Waals surface area contributed by atoms with Gasteiger partial charge in [-0.1, -0.05) is 18.6 Å². The summed E-state index contributed by atoms with van der Waals surface area (Å²) in [6, 6.07) is 6.04. The third kappa shape index (κ3) is 3.62. The Kier molecular flexibility index (Phi) is 5.51. The molecule has 0 aromatic heterocycles. The molecule has 24 heavy (non-hydrogen) atoms. The van der Waals surface area contributed by atoms with E-state index in [2.05, 4.69) is 0 Å². The minimum atomic E-state index is -0.592. The van der Waals surface area contributed by atoms with Crippen molar-refractivity contribution in [2.45, 2.75) is 38.2 Å². The Labute approximate surface area is 142 Å². The average Bonchev–Trinajstić information content (AvgIpc) is 3.10. The number of nitrogens with two attached hydrogens (primary N) is 1. The molecule has 0 radical (unpaired) electrons. The number of aliphatic hydroxyl groups excluding tert-OH is 1. The van der Waals surface area contributed by atoms with Gasteiger partial charge in [0.25, 0.3) is 0 Å². The predicted molar refractivity (Wildman–Crippen MR) is 90.5 cm³/mol. The molecule has 0 bridgehead atoms. The number of rotatable bonds is 4. The molecule has 1 heterocycles. The van der Waals surface area contributed by atoms with Gasteiger partial charge in [0.05, 0.1) is 6.10 Å². The number of piperidine rings is 1. The van der Waals surface area contributed by atoms with E-state index in [0.717, 1.165) is 37.7 Å². The van der Waals surface area contributed by atoms with Gasteiger partial charge in [-0.3, -0.25) is 4.79 Å². The van der Waals surface area contributed by atoms with Crippen molar-refractivity contribution in [3.63, 3.8) is 0 Å². The number of hydrogen-bond donors (Lipinski definition) is 2. The third-order valence-corrected chi connectivity index (χ3v) is 5.79. The summed E-state index contributed by atoms with van der Waals surface area (Å²) in [6.45, 7) is 1.97. The van der Waals surface area contributed by atoms with E-state index in [4.69, 9.17) is 5.73 Å². The summed E-state index contributed by atoms with van der Waals surface area (Å²) >= 11 is 0. The summed E-state index contributed by atoms with van der Waals surface area (Å²) in [7, 11) is 0. The highest BCUT2D eigenvalue weighted by Gasteiger charge is 2.36. The molecule has 1 aliphatic heterocycles. The van der Waals surface area contributed by atoms with Crippen LogP contribution in [0.15, 0.2) is 24.3 Å². The molecule has 0 spiro atoms. The minimum absolute atomic E-state index is 0.0913. The number of benzene rings is 1. The maximum Gasteiger partial charge on any atom is 0.226 e. The van der Waals surface area contributed by atoms with Gasteiger partial charge in [0, 0.05) is 19.0 Å². The van der Waals surface area contributed by atoms with Gasteiger partial charge in [-0.15, -0.1) is 0 Å². The molecule has 2 fully saturated rings. The fourth-order valence-corrected chi connectivity index (χ4v) is 4.25. The highest BCUT2D eigenvalue weighted by atomic mass is 19.1. The largest absolute Gasteiger partial charge is 0.388 e. The molecule has 1 saturated heterocycles. The molecule has 1 amide bonds. The number of carbonyl (C=O) groups is 1. The van der Waals surface area contributed by atoms with Crippen molar-refractivity contribution < 1.29 is 14.3 Å². The quantitative estimate of drug-likeness (QED) is 0.889. The highest BCUT2D eigenvalue weighted by Crippen LogP contribution is 2.35. The van der Waals surface area contributed by atoms with E-state index in [-0.39, 0.29) is 23.6 Å². The molecule has 1 aromatic rings. The Morgan fingerprint density at radius 2 is 1.88 bits per heavy atom. The Hall–Kier alpha value is -1.46. The molecule has 132 valence electrons. The van der Waals surface area contributed by atoms with Crippen LogP contribution in [0.4, 0.5) is 4.39 Å². The van der Waals surface area contributed by atoms with Gasteiger partial charge in [-0.25, -0.2) is 4.39 Å². The normalized spacial score (nSPS) is 26.5. The van der Waals surface area contributed by atoms with Crippen LogP contribution >= 0.6 is 0 Å². The summed E-state index contributed by atoms with van der Waals surface area (Å²) in [5, 5.41) is 10.5. The Bertz CT molecular complexity index is 555. The van der Waals surface area contributed by atoms with Gasteiger partial charge in [0.15, 0.2) is 0 Å². The maximum absolute atomic E-state index is 13.0. The molecule has 1 saturated carbocycles. The first-order chi connectivity index (χ1) is 11.6. The van der Waals surface area contributed by atoms with E-state index in [1.165, 1.54) is 12.1 Å². The number of aliphatic hydroxyl groups is 1. The van der Waals surface area contributed by atoms with Crippen LogP contribution in [0.1, 0.15) is 43.8 Å². The molecule has 2 aliphatic rings. The van der Waals surface area contributed by atoms with Crippen LogP contribution in [0, 0.1) is 23.6 Å². The van der Waals surface area contributed by atoms with Gasteiger partial charge in [-0.05, 0) is 61.8 Å². The molecular weight excluding hydrogens is 307 g/mol. The topological polar surface area (TPSA) is 66.6 Å². The number of amides is 1. The second kappa shape index (κ2) is 7.62. The first-order valence-electron chi connectivity index (χ1n) is 9.02. The van der Waals surface area contributed by atoms with Crippen molar-refractivity contribution in [3.05, 3.63) is 35.6 Å². The number of halogens is 1. The average molecular weight is 334 g/mol. The summed E-state index contributed by atoms with van der Waals surface area (Å²) in [4.78, 5) is 14.7. The lowest BCUT2D eigenvalue weighted by Gasteiger charge is -2.36. The molecule has 3 N–H and O–H groups in total. The number of likely N-dealkylation sites (tertiary alicyclic amines) is 1. The van der Waals surface area contributed by atoms with E-state index in [9.17, 15) is 14.3 Å². The van der Waals surface area contributed by atoms with Gasteiger partial charge >= 0.3 is 0 Å². The fourth-order valence-electron chi connectivity index (χ4n) is 4.25. The molecule has 1 aromatic carbocycles. The summed E-state index contributed by atoms with van der Waals surface area (Å²) < 4.78 is 13.0. The number of nitrogens with zero attached hydrogens (tertiary/aromatic N) is 1. The highest BCUT2D eigenvalue weighted by molar-refractivity contribution is 5.79.